The van der Waals surface area contributed by atoms with E-state index in [2.05, 4.69) is 47.2 Å². The second kappa shape index (κ2) is 5.87. The Morgan fingerprint density at radius 2 is 2.17 bits per heavy atom. The molecule has 0 bridgehead atoms. The van der Waals surface area contributed by atoms with Crippen molar-refractivity contribution in [2.24, 2.45) is 5.92 Å². The van der Waals surface area contributed by atoms with Crippen LogP contribution in [0.25, 0.3) is 0 Å². The van der Waals surface area contributed by atoms with Crippen LogP contribution in [0.3, 0.4) is 0 Å². The second-order valence-corrected chi connectivity index (χ2v) is 6.09. The van der Waals surface area contributed by atoms with E-state index < -0.39 is 0 Å². The molecule has 0 aliphatic heterocycles. The fourth-order valence-corrected chi connectivity index (χ4v) is 2.95. The Balaban J connectivity index is 1.94. The average Bonchev–Trinajstić information content (AvgIpc) is 2.29. The number of carbonyl (C=O) groups is 1. The number of carbonyl (C=O) groups excluding carboxylic acids is 1. The van der Waals surface area contributed by atoms with E-state index in [0.29, 0.717) is 5.92 Å². The van der Waals surface area contributed by atoms with Crippen LogP contribution in [0.4, 0.5) is 0 Å². The van der Waals surface area contributed by atoms with Gasteiger partial charge in [0.15, 0.2) is 0 Å². The highest BCUT2D eigenvalue weighted by Crippen LogP contribution is 2.34. The molecule has 1 N–H and O–H groups in total. The van der Waals surface area contributed by atoms with Crippen molar-refractivity contribution in [3.63, 3.8) is 0 Å². The third-order valence-electron chi connectivity index (χ3n) is 3.46. The Labute approximate surface area is 117 Å². The van der Waals surface area contributed by atoms with Gasteiger partial charge in [-0.3, -0.25) is 4.79 Å². The predicted octanol–water partition coefficient (Wildman–Crippen LogP) is 3.25. The highest BCUT2D eigenvalue weighted by Gasteiger charge is 2.32. The topological polar surface area (TPSA) is 29.1 Å². The summed E-state index contributed by atoms with van der Waals surface area (Å²) in [6, 6.07) is 8.45. The molecule has 2 rings (SSSR count). The molecule has 0 saturated heterocycles. The van der Waals surface area contributed by atoms with Crippen LogP contribution in [-0.4, -0.2) is 17.3 Å². The van der Waals surface area contributed by atoms with Gasteiger partial charge in [-0.2, -0.15) is 0 Å². The third-order valence-corrected chi connectivity index (χ3v) is 4.24. The third kappa shape index (κ3) is 2.94. The molecular weight excluding hydrogens is 290 g/mol. The summed E-state index contributed by atoms with van der Waals surface area (Å²) in [5, 5.41) is 3.98. The number of rotatable bonds is 5. The minimum Gasteiger partial charge on any atom is -0.352 e. The lowest BCUT2D eigenvalue weighted by Gasteiger charge is -2.30. The first-order valence-corrected chi connectivity index (χ1v) is 7.68. The molecule has 1 amide bonds. The number of fused-ring (bicyclic) bond motifs is 1. The zero-order chi connectivity index (χ0) is 13.1. The fraction of sp³-hybridized carbons (Fsp3) is 0.533. The average molecular weight is 310 g/mol. The maximum absolute atomic E-state index is 12.2. The van der Waals surface area contributed by atoms with Crippen LogP contribution in [0.5, 0.6) is 0 Å². The van der Waals surface area contributed by atoms with Crippen LogP contribution in [0, 0.1) is 5.92 Å². The van der Waals surface area contributed by atoms with E-state index in [1.807, 2.05) is 12.1 Å². The number of hydrogen-bond acceptors (Lipinski definition) is 1. The van der Waals surface area contributed by atoms with Gasteiger partial charge in [0, 0.05) is 11.4 Å². The van der Waals surface area contributed by atoms with E-state index in [1.165, 1.54) is 11.1 Å². The quantitative estimate of drug-likeness (QED) is 0.831. The van der Waals surface area contributed by atoms with Crippen LogP contribution in [-0.2, 0) is 11.2 Å². The van der Waals surface area contributed by atoms with Gasteiger partial charge in [-0.1, -0.05) is 54.0 Å². The van der Waals surface area contributed by atoms with E-state index >= 15 is 0 Å². The molecule has 0 aromatic heterocycles. The zero-order valence-electron chi connectivity index (χ0n) is 10.9. The van der Waals surface area contributed by atoms with Crippen molar-refractivity contribution in [3.05, 3.63) is 35.4 Å². The van der Waals surface area contributed by atoms with Gasteiger partial charge in [0.1, 0.15) is 0 Å². The van der Waals surface area contributed by atoms with Crippen LogP contribution >= 0.6 is 15.9 Å². The van der Waals surface area contributed by atoms with E-state index in [1.54, 1.807) is 0 Å². The number of benzene rings is 1. The molecule has 0 heterocycles. The molecule has 0 radical (unpaired) electrons. The lowest BCUT2D eigenvalue weighted by molar-refractivity contribution is -0.123. The number of halogens is 1. The molecule has 1 aliphatic rings. The summed E-state index contributed by atoms with van der Waals surface area (Å²) in [6.45, 7) is 4.36. The van der Waals surface area contributed by atoms with Crippen LogP contribution in [0.2, 0.25) is 0 Å². The molecule has 0 spiro atoms. The molecule has 1 aromatic rings. The second-order valence-electron chi connectivity index (χ2n) is 5.44. The van der Waals surface area contributed by atoms with Gasteiger partial charge in [0.05, 0.1) is 5.92 Å². The standard InChI is InChI=1S/C15H20BrNO/c1-10(2)7-12(9-16)17-15(18)14-8-11-5-3-4-6-13(11)14/h3-6,10,12,14H,7-9H2,1-2H3,(H,17,18). The Hall–Kier alpha value is -0.830. The summed E-state index contributed by atoms with van der Waals surface area (Å²) < 4.78 is 0. The largest absolute Gasteiger partial charge is 0.352 e. The fourth-order valence-electron chi connectivity index (χ4n) is 2.52. The van der Waals surface area contributed by atoms with Gasteiger partial charge in [-0.15, -0.1) is 0 Å². The first-order chi connectivity index (χ1) is 8.61. The van der Waals surface area contributed by atoms with E-state index in [-0.39, 0.29) is 17.9 Å². The molecule has 18 heavy (non-hydrogen) atoms. The number of amides is 1. The van der Waals surface area contributed by atoms with Crippen LogP contribution in [0.15, 0.2) is 24.3 Å². The summed E-state index contributed by atoms with van der Waals surface area (Å²) in [6.07, 6.45) is 1.91. The van der Waals surface area contributed by atoms with Crippen molar-refractivity contribution in [3.8, 4) is 0 Å². The molecule has 2 atom stereocenters. The van der Waals surface area contributed by atoms with Crippen molar-refractivity contribution in [2.45, 2.75) is 38.6 Å². The maximum atomic E-state index is 12.2. The summed E-state index contributed by atoms with van der Waals surface area (Å²) in [4.78, 5) is 12.2. The lowest BCUT2D eigenvalue weighted by atomic mass is 9.77. The Morgan fingerprint density at radius 3 is 2.78 bits per heavy atom. The molecule has 1 aliphatic carbocycles. The van der Waals surface area contributed by atoms with Crippen molar-refractivity contribution in [1.82, 2.24) is 5.32 Å². The Morgan fingerprint density at radius 1 is 1.44 bits per heavy atom. The van der Waals surface area contributed by atoms with Crippen molar-refractivity contribution >= 4 is 21.8 Å². The Kier molecular flexibility index (Phi) is 4.44. The summed E-state index contributed by atoms with van der Waals surface area (Å²) >= 11 is 3.48. The van der Waals surface area contributed by atoms with Crippen molar-refractivity contribution < 1.29 is 4.79 Å². The summed E-state index contributed by atoms with van der Waals surface area (Å²) in [5.74, 6) is 0.843. The van der Waals surface area contributed by atoms with Crippen molar-refractivity contribution in [2.75, 3.05) is 5.33 Å². The molecule has 1 aromatic carbocycles. The highest BCUT2D eigenvalue weighted by atomic mass is 79.9. The maximum Gasteiger partial charge on any atom is 0.228 e. The van der Waals surface area contributed by atoms with Gasteiger partial charge in [0.25, 0.3) is 0 Å². The highest BCUT2D eigenvalue weighted by molar-refractivity contribution is 9.09. The van der Waals surface area contributed by atoms with E-state index in [4.69, 9.17) is 0 Å². The molecule has 0 fully saturated rings. The molecule has 2 nitrogen and oxygen atoms in total. The van der Waals surface area contributed by atoms with E-state index in [0.717, 1.165) is 18.2 Å². The monoisotopic (exact) mass is 309 g/mol. The first-order valence-electron chi connectivity index (χ1n) is 6.56. The van der Waals surface area contributed by atoms with Gasteiger partial charge >= 0.3 is 0 Å². The smallest absolute Gasteiger partial charge is 0.228 e. The minimum absolute atomic E-state index is 0.0647. The molecule has 98 valence electrons. The number of nitrogens with one attached hydrogen (secondary N) is 1. The normalized spacial score (nSPS) is 19.0. The van der Waals surface area contributed by atoms with Crippen LogP contribution in [0.1, 0.15) is 37.3 Å². The van der Waals surface area contributed by atoms with E-state index in [9.17, 15) is 4.79 Å². The summed E-state index contributed by atoms with van der Waals surface area (Å²) in [5.41, 5.74) is 2.52. The molecular formula is C15H20BrNO. The van der Waals surface area contributed by atoms with Gasteiger partial charge < -0.3 is 5.32 Å². The zero-order valence-corrected chi connectivity index (χ0v) is 12.5. The van der Waals surface area contributed by atoms with Crippen molar-refractivity contribution in [1.29, 1.82) is 0 Å². The molecule has 2 unspecified atom stereocenters. The minimum atomic E-state index is 0.0647. The lowest BCUT2D eigenvalue weighted by Crippen LogP contribution is -2.42. The van der Waals surface area contributed by atoms with Gasteiger partial charge in [-0.05, 0) is 29.9 Å². The SMILES string of the molecule is CC(C)CC(CBr)NC(=O)C1Cc2ccccc21. The van der Waals surface area contributed by atoms with Gasteiger partial charge in [0.2, 0.25) is 5.91 Å². The number of alkyl halides is 1. The van der Waals surface area contributed by atoms with Gasteiger partial charge in [-0.25, -0.2) is 0 Å². The number of hydrogen-bond donors (Lipinski definition) is 1. The molecule has 0 saturated carbocycles. The first kappa shape index (κ1) is 13.6. The predicted molar refractivity (Wildman–Crippen MR) is 78.1 cm³/mol. The van der Waals surface area contributed by atoms with Crippen LogP contribution < -0.4 is 5.32 Å². The molecule has 3 heteroatoms. The summed E-state index contributed by atoms with van der Waals surface area (Å²) in [7, 11) is 0. The Bertz CT molecular complexity index is 430.